The highest BCUT2D eigenvalue weighted by Crippen LogP contribution is 2.26. The van der Waals surface area contributed by atoms with Crippen molar-refractivity contribution in [2.24, 2.45) is 0 Å². The Morgan fingerprint density at radius 1 is 1.08 bits per heavy atom. The van der Waals surface area contributed by atoms with Crippen LogP contribution in [0.1, 0.15) is 0 Å². The van der Waals surface area contributed by atoms with Gasteiger partial charge in [0.05, 0.1) is 5.69 Å². The van der Waals surface area contributed by atoms with Crippen LogP contribution in [0.4, 0.5) is 5.69 Å². The molecule has 0 fully saturated rings. The molecule has 1 heterocycles. The van der Waals surface area contributed by atoms with E-state index in [4.69, 9.17) is 5.73 Å². The average Bonchev–Trinajstić information content (AvgIpc) is 2.53. The van der Waals surface area contributed by atoms with Crippen LogP contribution in [-0.2, 0) is 0 Å². The SMILES string of the molecule is Nc1c[nH]cc1-c1ccc(Br)cc1. The van der Waals surface area contributed by atoms with Crippen LogP contribution in [0, 0.1) is 0 Å². The molecule has 0 saturated carbocycles. The molecule has 0 aliphatic carbocycles. The average molecular weight is 237 g/mol. The molecule has 66 valence electrons. The third kappa shape index (κ3) is 1.60. The normalized spacial score (nSPS) is 10.2. The highest BCUT2D eigenvalue weighted by molar-refractivity contribution is 9.10. The Balaban J connectivity index is 2.47. The molecule has 0 bridgehead atoms. The Labute approximate surface area is 84.9 Å². The first-order valence-corrected chi connectivity index (χ1v) is 4.75. The van der Waals surface area contributed by atoms with Crippen molar-refractivity contribution in [3.63, 3.8) is 0 Å². The summed E-state index contributed by atoms with van der Waals surface area (Å²) in [5.41, 5.74) is 8.72. The summed E-state index contributed by atoms with van der Waals surface area (Å²) < 4.78 is 1.07. The van der Waals surface area contributed by atoms with Crippen molar-refractivity contribution >= 4 is 21.6 Å². The lowest BCUT2D eigenvalue weighted by atomic mass is 10.1. The number of rotatable bonds is 1. The van der Waals surface area contributed by atoms with E-state index in [1.54, 1.807) is 6.20 Å². The number of halogens is 1. The second-order valence-corrected chi connectivity index (χ2v) is 3.75. The Morgan fingerprint density at radius 2 is 1.77 bits per heavy atom. The third-order valence-corrected chi connectivity index (χ3v) is 2.46. The van der Waals surface area contributed by atoms with Crippen LogP contribution in [0.25, 0.3) is 11.1 Å². The van der Waals surface area contributed by atoms with Crippen molar-refractivity contribution in [1.29, 1.82) is 0 Å². The van der Waals surface area contributed by atoms with Gasteiger partial charge < -0.3 is 10.7 Å². The zero-order chi connectivity index (χ0) is 9.26. The summed E-state index contributed by atoms with van der Waals surface area (Å²) >= 11 is 3.39. The molecular formula is C10H9BrN2. The number of nitrogen functional groups attached to an aromatic ring is 1. The standard InChI is InChI=1S/C10H9BrN2/c11-8-3-1-7(2-4-8)9-5-13-6-10(9)12/h1-6,13H,12H2. The van der Waals surface area contributed by atoms with Gasteiger partial charge in [0.15, 0.2) is 0 Å². The molecular weight excluding hydrogens is 228 g/mol. The van der Waals surface area contributed by atoms with E-state index in [9.17, 15) is 0 Å². The van der Waals surface area contributed by atoms with Crippen LogP contribution >= 0.6 is 15.9 Å². The molecule has 0 spiro atoms. The van der Waals surface area contributed by atoms with Crippen LogP contribution in [0.15, 0.2) is 41.1 Å². The molecule has 3 N–H and O–H groups in total. The van der Waals surface area contributed by atoms with E-state index >= 15 is 0 Å². The number of anilines is 1. The molecule has 0 saturated heterocycles. The minimum atomic E-state index is 0.780. The summed E-state index contributed by atoms with van der Waals surface area (Å²) in [6.45, 7) is 0. The second kappa shape index (κ2) is 3.26. The van der Waals surface area contributed by atoms with E-state index in [-0.39, 0.29) is 0 Å². The molecule has 0 radical (unpaired) electrons. The van der Waals surface area contributed by atoms with E-state index in [1.165, 1.54) is 0 Å². The van der Waals surface area contributed by atoms with Crippen LogP contribution in [0.5, 0.6) is 0 Å². The molecule has 2 nitrogen and oxygen atoms in total. The topological polar surface area (TPSA) is 41.8 Å². The summed E-state index contributed by atoms with van der Waals surface area (Å²) in [6.07, 6.45) is 3.69. The summed E-state index contributed by atoms with van der Waals surface area (Å²) in [5.74, 6) is 0. The minimum Gasteiger partial charge on any atom is -0.397 e. The van der Waals surface area contributed by atoms with E-state index in [0.29, 0.717) is 0 Å². The zero-order valence-corrected chi connectivity index (χ0v) is 8.51. The fourth-order valence-corrected chi connectivity index (χ4v) is 1.52. The predicted octanol–water partition coefficient (Wildman–Crippen LogP) is 3.03. The number of benzene rings is 1. The second-order valence-electron chi connectivity index (χ2n) is 2.83. The largest absolute Gasteiger partial charge is 0.397 e. The number of nitrogens with one attached hydrogen (secondary N) is 1. The van der Waals surface area contributed by atoms with Crippen LogP contribution in [-0.4, -0.2) is 4.98 Å². The number of hydrogen-bond donors (Lipinski definition) is 2. The number of aromatic amines is 1. The van der Waals surface area contributed by atoms with E-state index < -0.39 is 0 Å². The van der Waals surface area contributed by atoms with Gasteiger partial charge in [-0.05, 0) is 17.7 Å². The first-order valence-electron chi connectivity index (χ1n) is 3.95. The molecule has 0 unspecified atom stereocenters. The summed E-state index contributed by atoms with van der Waals surface area (Å²) in [4.78, 5) is 2.97. The number of hydrogen-bond acceptors (Lipinski definition) is 1. The van der Waals surface area contributed by atoms with Gasteiger partial charge >= 0.3 is 0 Å². The van der Waals surface area contributed by atoms with Gasteiger partial charge in [0.25, 0.3) is 0 Å². The van der Waals surface area contributed by atoms with Crippen molar-refractivity contribution in [2.75, 3.05) is 5.73 Å². The van der Waals surface area contributed by atoms with Gasteiger partial charge in [0, 0.05) is 22.4 Å². The van der Waals surface area contributed by atoms with E-state index in [0.717, 1.165) is 21.3 Å². The van der Waals surface area contributed by atoms with Crippen molar-refractivity contribution in [3.05, 3.63) is 41.1 Å². The van der Waals surface area contributed by atoms with Gasteiger partial charge in [0.2, 0.25) is 0 Å². The van der Waals surface area contributed by atoms with Crippen LogP contribution < -0.4 is 5.73 Å². The first-order chi connectivity index (χ1) is 6.27. The van der Waals surface area contributed by atoms with Gasteiger partial charge in [0.1, 0.15) is 0 Å². The van der Waals surface area contributed by atoms with Gasteiger partial charge in [-0.2, -0.15) is 0 Å². The Kier molecular flexibility index (Phi) is 2.10. The van der Waals surface area contributed by atoms with Crippen molar-refractivity contribution < 1.29 is 0 Å². The molecule has 13 heavy (non-hydrogen) atoms. The molecule has 1 aromatic heterocycles. The van der Waals surface area contributed by atoms with E-state index in [1.807, 2.05) is 30.5 Å². The van der Waals surface area contributed by atoms with Crippen molar-refractivity contribution in [1.82, 2.24) is 4.98 Å². The Hall–Kier alpha value is -1.22. The molecule has 0 amide bonds. The lowest BCUT2D eigenvalue weighted by molar-refractivity contribution is 1.41. The number of aromatic nitrogens is 1. The molecule has 1 aromatic carbocycles. The Morgan fingerprint density at radius 3 is 2.31 bits per heavy atom. The lowest BCUT2D eigenvalue weighted by Gasteiger charge is -1.99. The monoisotopic (exact) mass is 236 g/mol. The fourth-order valence-electron chi connectivity index (χ4n) is 1.26. The van der Waals surface area contributed by atoms with Gasteiger partial charge in [-0.15, -0.1) is 0 Å². The van der Waals surface area contributed by atoms with Crippen LogP contribution in [0.2, 0.25) is 0 Å². The smallest absolute Gasteiger partial charge is 0.0571 e. The molecule has 0 aliphatic rings. The minimum absolute atomic E-state index is 0.780. The highest BCUT2D eigenvalue weighted by atomic mass is 79.9. The van der Waals surface area contributed by atoms with Crippen LogP contribution in [0.3, 0.4) is 0 Å². The van der Waals surface area contributed by atoms with E-state index in [2.05, 4.69) is 20.9 Å². The molecule has 2 aromatic rings. The Bertz CT molecular complexity index is 403. The van der Waals surface area contributed by atoms with Crippen molar-refractivity contribution in [2.45, 2.75) is 0 Å². The summed E-state index contributed by atoms with van der Waals surface area (Å²) in [6, 6.07) is 8.07. The predicted molar refractivity (Wildman–Crippen MR) is 58.3 cm³/mol. The molecule has 3 heteroatoms. The molecule has 0 atom stereocenters. The van der Waals surface area contributed by atoms with Crippen molar-refractivity contribution in [3.8, 4) is 11.1 Å². The summed E-state index contributed by atoms with van der Waals surface area (Å²) in [5, 5.41) is 0. The lowest BCUT2D eigenvalue weighted by Crippen LogP contribution is -1.83. The highest BCUT2D eigenvalue weighted by Gasteiger charge is 2.01. The third-order valence-electron chi connectivity index (χ3n) is 1.93. The molecule has 0 aliphatic heterocycles. The van der Waals surface area contributed by atoms with Gasteiger partial charge in [-0.1, -0.05) is 28.1 Å². The first kappa shape index (κ1) is 8.38. The molecule has 2 rings (SSSR count). The van der Waals surface area contributed by atoms with Gasteiger partial charge in [-0.25, -0.2) is 0 Å². The maximum absolute atomic E-state index is 5.77. The number of nitrogens with two attached hydrogens (primary N) is 1. The number of H-pyrrole nitrogens is 1. The quantitative estimate of drug-likeness (QED) is 0.786. The maximum atomic E-state index is 5.77. The maximum Gasteiger partial charge on any atom is 0.0571 e. The summed E-state index contributed by atoms with van der Waals surface area (Å²) in [7, 11) is 0. The van der Waals surface area contributed by atoms with Gasteiger partial charge in [-0.3, -0.25) is 0 Å². The fraction of sp³-hybridized carbons (Fsp3) is 0. The zero-order valence-electron chi connectivity index (χ0n) is 6.92.